The lowest BCUT2D eigenvalue weighted by molar-refractivity contribution is 0.416. The molecule has 2 aromatic rings. The number of rotatable bonds is 6. The van der Waals surface area contributed by atoms with Crippen molar-refractivity contribution in [2.75, 3.05) is 12.4 Å². The number of aromatic nitrogens is 1. The number of hydrogen-bond donors (Lipinski definition) is 1. The van der Waals surface area contributed by atoms with E-state index >= 15 is 0 Å². The molecule has 19 heavy (non-hydrogen) atoms. The van der Waals surface area contributed by atoms with Crippen molar-refractivity contribution in [2.24, 2.45) is 0 Å². The number of hydrogen-bond acceptors (Lipinski definition) is 2. The van der Waals surface area contributed by atoms with Gasteiger partial charge in [-0.05, 0) is 43.2 Å². The summed E-state index contributed by atoms with van der Waals surface area (Å²) in [5, 5.41) is 3.46. The first-order valence-corrected chi connectivity index (χ1v) is 6.77. The van der Waals surface area contributed by atoms with Crippen molar-refractivity contribution in [1.29, 1.82) is 0 Å². The Bertz CT molecular complexity index is 531. The zero-order valence-electron chi connectivity index (χ0n) is 11.9. The zero-order chi connectivity index (χ0) is 13.7. The van der Waals surface area contributed by atoms with E-state index in [1.807, 2.05) is 6.07 Å². The normalized spacial score (nSPS) is 10.5. The maximum absolute atomic E-state index is 5.38. The number of anilines is 1. The molecule has 1 aromatic carbocycles. The maximum atomic E-state index is 5.38. The molecule has 0 radical (unpaired) electrons. The second-order valence-corrected chi connectivity index (χ2v) is 4.75. The van der Waals surface area contributed by atoms with E-state index in [1.165, 1.54) is 11.3 Å². The molecule has 0 fully saturated rings. The van der Waals surface area contributed by atoms with Gasteiger partial charge in [-0.2, -0.15) is 0 Å². The second kappa shape index (κ2) is 6.32. The van der Waals surface area contributed by atoms with E-state index in [2.05, 4.69) is 54.2 Å². The van der Waals surface area contributed by atoms with Gasteiger partial charge in [0.05, 0.1) is 19.3 Å². The number of benzene rings is 1. The molecule has 0 aliphatic rings. The highest BCUT2D eigenvalue weighted by atomic mass is 16.5. The molecule has 0 spiro atoms. The predicted molar refractivity (Wildman–Crippen MR) is 79.8 cm³/mol. The number of nitrogens with zero attached hydrogens (tertiary/aromatic N) is 1. The lowest BCUT2D eigenvalue weighted by atomic mass is 10.2. The molecule has 0 bridgehead atoms. The Kier molecular flexibility index (Phi) is 4.50. The zero-order valence-corrected chi connectivity index (χ0v) is 11.9. The number of ether oxygens (including phenoxy) is 1. The molecular formula is C16H22N2O. The largest absolute Gasteiger partial charge is 0.495 e. The van der Waals surface area contributed by atoms with E-state index in [0.717, 1.165) is 30.9 Å². The molecule has 1 heterocycles. The van der Waals surface area contributed by atoms with Crippen LogP contribution in [0, 0.1) is 6.92 Å². The third-order valence-electron chi connectivity index (χ3n) is 3.20. The lowest BCUT2D eigenvalue weighted by Gasteiger charge is -2.13. The Morgan fingerprint density at radius 3 is 2.84 bits per heavy atom. The Labute approximate surface area is 115 Å². The van der Waals surface area contributed by atoms with Crippen LogP contribution in [0.25, 0.3) is 0 Å². The molecular weight excluding hydrogens is 236 g/mol. The van der Waals surface area contributed by atoms with Crippen molar-refractivity contribution in [3.05, 3.63) is 47.8 Å². The van der Waals surface area contributed by atoms with Crippen LogP contribution in [0.15, 0.2) is 36.5 Å². The molecule has 1 N–H and O–H groups in total. The SMILES string of the molecule is CCCn1cccc1CNc1cc(C)ccc1OC. The quantitative estimate of drug-likeness (QED) is 0.852. The highest BCUT2D eigenvalue weighted by Crippen LogP contribution is 2.25. The van der Waals surface area contributed by atoms with Crippen LogP contribution in [0.4, 0.5) is 5.69 Å². The number of nitrogens with one attached hydrogen (secondary N) is 1. The van der Waals surface area contributed by atoms with Gasteiger partial charge in [0.1, 0.15) is 5.75 Å². The van der Waals surface area contributed by atoms with Gasteiger partial charge in [-0.15, -0.1) is 0 Å². The molecule has 102 valence electrons. The summed E-state index contributed by atoms with van der Waals surface area (Å²) >= 11 is 0. The van der Waals surface area contributed by atoms with E-state index < -0.39 is 0 Å². The fourth-order valence-electron chi connectivity index (χ4n) is 2.21. The Balaban J connectivity index is 2.09. The van der Waals surface area contributed by atoms with Gasteiger partial charge >= 0.3 is 0 Å². The standard InChI is InChI=1S/C16H22N2O/c1-4-9-18-10-5-6-14(18)12-17-15-11-13(2)7-8-16(15)19-3/h5-8,10-11,17H,4,9,12H2,1-3H3. The first-order valence-electron chi connectivity index (χ1n) is 6.77. The second-order valence-electron chi connectivity index (χ2n) is 4.75. The van der Waals surface area contributed by atoms with Gasteiger partial charge in [0.25, 0.3) is 0 Å². The first kappa shape index (κ1) is 13.5. The summed E-state index contributed by atoms with van der Waals surface area (Å²) in [6, 6.07) is 10.4. The highest BCUT2D eigenvalue weighted by molar-refractivity contribution is 5.58. The molecule has 0 unspecified atom stereocenters. The molecule has 3 nitrogen and oxygen atoms in total. The van der Waals surface area contributed by atoms with Crippen LogP contribution in [-0.4, -0.2) is 11.7 Å². The van der Waals surface area contributed by atoms with Crippen LogP contribution < -0.4 is 10.1 Å². The molecule has 0 aliphatic heterocycles. The van der Waals surface area contributed by atoms with Crippen LogP contribution in [0.1, 0.15) is 24.6 Å². The summed E-state index contributed by atoms with van der Waals surface area (Å²) in [5.74, 6) is 0.888. The van der Waals surface area contributed by atoms with Gasteiger partial charge in [-0.3, -0.25) is 0 Å². The molecule has 0 aliphatic carbocycles. The monoisotopic (exact) mass is 258 g/mol. The summed E-state index contributed by atoms with van der Waals surface area (Å²) in [6.07, 6.45) is 3.28. The van der Waals surface area contributed by atoms with Crippen LogP contribution in [0.2, 0.25) is 0 Å². The topological polar surface area (TPSA) is 26.2 Å². The van der Waals surface area contributed by atoms with Crippen LogP contribution in [0.5, 0.6) is 5.75 Å². The van der Waals surface area contributed by atoms with Gasteiger partial charge in [-0.1, -0.05) is 13.0 Å². The summed E-state index contributed by atoms with van der Waals surface area (Å²) in [4.78, 5) is 0. The van der Waals surface area contributed by atoms with Crippen molar-refractivity contribution in [2.45, 2.75) is 33.4 Å². The van der Waals surface area contributed by atoms with E-state index in [-0.39, 0.29) is 0 Å². The minimum atomic E-state index is 0.812. The van der Waals surface area contributed by atoms with E-state index in [0.29, 0.717) is 0 Å². The number of methoxy groups -OCH3 is 1. The molecule has 3 heteroatoms. The average molecular weight is 258 g/mol. The molecule has 2 rings (SSSR count). The van der Waals surface area contributed by atoms with Crippen LogP contribution in [0.3, 0.4) is 0 Å². The Morgan fingerprint density at radius 2 is 2.11 bits per heavy atom. The fourth-order valence-corrected chi connectivity index (χ4v) is 2.21. The molecule has 1 aromatic heterocycles. The average Bonchev–Trinajstić information content (AvgIpc) is 2.84. The lowest BCUT2D eigenvalue weighted by Crippen LogP contribution is -2.07. The first-order chi connectivity index (χ1) is 9.24. The fraction of sp³-hybridized carbons (Fsp3) is 0.375. The summed E-state index contributed by atoms with van der Waals surface area (Å²) in [5.41, 5.74) is 3.57. The van der Waals surface area contributed by atoms with Crippen LogP contribution in [-0.2, 0) is 13.1 Å². The summed E-state index contributed by atoms with van der Waals surface area (Å²) in [6.45, 7) is 6.16. The van der Waals surface area contributed by atoms with E-state index in [4.69, 9.17) is 4.74 Å². The third-order valence-corrected chi connectivity index (χ3v) is 3.20. The van der Waals surface area contributed by atoms with Gasteiger partial charge < -0.3 is 14.6 Å². The Hall–Kier alpha value is -1.90. The van der Waals surface area contributed by atoms with Crippen molar-refractivity contribution in [3.8, 4) is 5.75 Å². The van der Waals surface area contributed by atoms with Gasteiger partial charge in [-0.25, -0.2) is 0 Å². The molecule has 0 saturated carbocycles. The van der Waals surface area contributed by atoms with Gasteiger partial charge in [0.15, 0.2) is 0 Å². The third kappa shape index (κ3) is 3.31. The minimum absolute atomic E-state index is 0.812. The van der Waals surface area contributed by atoms with Crippen LogP contribution >= 0.6 is 0 Å². The van der Waals surface area contributed by atoms with Crippen molar-refractivity contribution >= 4 is 5.69 Å². The Morgan fingerprint density at radius 1 is 1.26 bits per heavy atom. The van der Waals surface area contributed by atoms with Crippen molar-refractivity contribution < 1.29 is 4.74 Å². The predicted octanol–water partition coefficient (Wildman–Crippen LogP) is 3.83. The summed E-state index contributed by atoms with van der Waals surface area (Å²) in [7, 11) is 1.70. The maximum Gasteiger partial charge on any atom is 0.141 e. The van der Waals surface area contributed by atoms with Crippen molar-refractivity contribution in [1.82, 2.24) is 4.57 Å². The van der Waals surface area contributed by atoms with Gasteiger partial charge in [0, 0.05) is 18.4 Å². The van der Waals surface area contributed by atoms with E-state index in [1.54, 1.807) is 7.11 Å². The minimum Gasteiger partial charge on any atom is -0.495 e. The van der Waals surface area contributed by atoms with Gasteiger partial charge in [0.2, 0.25) is 0 Å². The molecule has 0 amide bonds. The summed E-state index contributed by atoms with van der Waals surface area (Å²) < 4.78 is 7.67. The number of aryl methyl sites for hydroxylation is 2. The van der Waals surface area contributed by atoms with Crippen molar-refractivity contribution in [3.63, 3.8) is 0 Å². The smallest absolute Gasteiger partial charge is 0.141 e. The molecule has 0 atom stereocenters. The highest BCUT2D eigenvalue weighted by Gasteiger charge is 2.04. The van der Waals surface area contributed by atoms with E-state index in [9.17, 15) is 0 Å². The molecule has 0 saturated heterocycles.